The van der Waals surface area contributed by atoms with Gasteiger partial charge in [-0.25, -0.2) is 17.9 Å². The number of aromatic nitrogens is 2. The number of hydrogen-bond donors (Lipinski definition) is 2. The molecule has 2 aromatic rings. The third-order valence-corrected chi connectivity index (χ3v) is 5.79. The molecule has 24 heavy (non-hydrogen) atoms. The zero-order chi connectivity index (χ0) is 17.3. The molecule has 3 rings (SSSR count). The van der Waals surface area contributed by atoms with Crippen molar-refractivity contribution in [2.45, 2.75) is 36.5 Å². The monoisotopic (exact) mass is 370 g/mol. The van der Waals surface area contributed by atoms with Gasteiger partial charge >= 0.3 is 0 Å². The molecule has 1 aromatic carbocycles. The molecule has 0 unspecified atom stereocenters. The van der Waals surface area contributed by atoms with Crippen LogP contribution in [0.15, 0.2) is 23.1 Å². The molecule has 3 N–H and O–H groups in total. The number of benzene rings is 1. The number of nitrogens with one attached hydrogen (secondary N) is 1. The van der Waals surface area contributed by atoms with Gasteiger partial charge in [-0.05, 0) is 31.0 Å². The van der Waals surface area contributed by atoms with Crippen LogP contribution in [0.3, 0.4) is 0 Å². The van der Waals surface area contributed by atoms with Crippen LogP contribution in [0.2, 0.25) is 0 Å². The highest BCUT2D eigenvalue weighted by Crippen LogP contribution is 2.36. The molecule has 0 radical (unpaired) electrons. The minimum absolute atomic E-state index is 0.252. The largest absolute Gasteiger partial charge is 0.296 e. The van der Waals surface area contributed by atoms with E-state index in [9.17, 15) is 17.6 Å². The Labute approximate surface area is 142 Å². The van der Waals surface area contributed by atoms with E-state index in [1.807, 2.05) is 0 Å². The molecular weight excluding hydrogens is 355 g/mol. The van der Waals surface area contributed by atoms with E-state index in [-0.39, 0.29) is 10.0 Å². The van der Waals surface area contributed by atoms with E-state index < -0.39 is 27.3 Å². The molecule has 0 atom stereocenters. The van der Waals surface area contributed by atoms with E-state index in [0.717, 1.165) is 48.9 Å². The maximum absolute atomic E-state index is 13.8. The predicted molar refractivity (Wildman–Crippen MR) is 86.8 cm³/mol. The fourth-order valence-corrected chi connectivity index (χ4v) is 4.09. The van der Waals surface area contributed by atoms with Crippen LogP contribution < -0.4 is 10.5 Å². The van der Waals surface area contributed by atoms with Crippen LogP contribution >= 0.6 is 11.3 Å². The number of anilines is 1. The van der Waals surface area contributed by atoms with E-state index >= 15 is 0 Å². The molecule has 1 fully saturated rings. The molecule has 1 heterocycles. The summed E-state index contributed by atoms with van der Waals surface area (Å²) >= 11 is 1.25. The first-order valence-corrected chi connectivity index (χ1v) is 9.68. The van der Waals surface area contributed by atoms with E-state index in [1.165, 1.54) is 11.3 Å². The van der Waals surface area contributed by atoms with Crippen LogP contribution in [0, 0.1) is 5.82 Å². The number of amides is 1. The van der Waals surface area contributed by atoms with Gasteiger partial charge in [0.2, 0.25) is 15.2 Å². The quantitative estimate of drug-likeness (QED) is 0.856. The Kier molecular flexibility index (Phi) is 4.61. The summed E-state index contributed by atoms with van der Waals surface area (Å²) in [6, 6.07) is 2.79. The lowest BCUT2D eigenvalue weighted by molar-refractivity contribution is 0.102. The van der Waals surface area contributed by atoms with E-state index in [2.05, 4.69) is 15.5 Å². The molecule has 0 saturated heterocycles. The van der Waals surface area contributed by atoms with Crippen molar-refractivity contribution in [3.63, 3.8) is 0 Å². The molecule has 0 bridgehead atoms. The Balaban J connectivity index is 1.80. The zero-order valence-electron chi connectivity index (χ0n) is 12.5. The summed E-state index contributed by atoms with van der Waals surface area (Å²) in [5.74, 6) is -1.29. The van der Waals surface area contributed by atoms with Gasteiger partial charge in [-0.2, -0.15) is 0 Å². The van der Waals surface area contributed by atoms with Crippen molar-refractivity contribution in [3.05, 3.63) is 34.6 Å². The zero-order valence-corrected chi connectivity index (χ0v) is 14.2. The first-order chi connectivity index (χ1) is 11.3. The lowest BCUT2D eigenvalue weighted by Crippen LogP contribution is -2.17. The summed E-state index contributed by atoms with van der Waals surface area (Å²) in [6.45, 7) is 0. The topological polar surface area (TPSA) is 115 Å². The van der Waals surface area contributed by atoms with Gasteiger partial charge in [0.05, 0.1) is 10.5 Å². The van der Waals surface area contributed by atoms with Gasteiger partial charge < -0.3 is 0 Å². The smallest absolute Gasteiger partial charge is 0.260 e. The number of carbonyl (C=O) groups is 1. The fourth-order valence-electron chi connectivity index (χ4n) is 2.64. The molecule has 1 aliphatic rings. The van der Waals surface area contributed by atoms with Crippen LogP contribution in [0.1, 0.15) is 47.0 Å². The second-order valence-corrected chi connectivity index (χ2v) is 8.14. The molecule has 1 saturated carbocycles. The standard InChI is InChI=1S/C14H15FN4O3S2/c15-11-6-5-9(24(16,21)22)7-10(11)12(20)17-14-19-18-13(23-14)8-3-1-2-4-8/h5-8H,1-4H2,(H2,16,21,22)(H,17,19,20). The third kappa shape index (κ3) is 3.60. The van der Waals surface area contributed by atoms with Gasteiger partial charge in [0.15, 0.2) is 0 Å². The number of nitrogens with zero attached hydrogens (tertiary/aromatic N) is 2. The number of primary sulfonamides is 1. The molecule has 128 valence electrons. The highest BCUT2D eigenvalue weighted by molar-refractivity contribution is 7.89. The normalized spacial score (nSPS) is 15.6. The minimum atomic E-state index is -4.03. The maximum Gasteiger partial charge on any atom is 0.260 e. The summed E-state index contributed by atoms with van der Waals surface area (Å²) in [6.07, 6.45) is 4.40. The lowest BCUT2D eigenvalue weighted by atomic mass is 10.1. The molecule has 1 aromatic heterocycles. The molecule has 1 amide bonds. The van der Waals surface area contributed by atoms with Crippen molar-refractivity contribution in [3.8, 4) is 0 Å². The Morgan fingerprint density at radius 3 is 2.67 bits per heavy atom. The number of hydrogen-bond acceptors (Lipinski definition) is 6. The highest BCUT2D eigenvalue weighted by Gasteiger charge is 2.22. The van der Waals surface area contributed by atoms with Gasteiger partial charge in [-0.15, -0.1) is 10.2 Å². The second-order valence-electron chi connectivity index (χ2n) is 5.57. The average molecular weight is 370 g/mol. The van der Waals surface area contributed by atoms with Gasteiger partial charge in [0.1, 0.15) is 10.8 Å². The summed E-state index contributed by atoms with van der Waals surface area (Å²) < 4.78 is 36.5. The van der Waals surface area contributed by atoms with Gasteiger partial charge in [0, 0.05) is 5.92 Å². The number of nitrogens with two attached hydrogens (primary N) is 1. The van der Waals surface area contributed by atoms with Crippen molar-refractivity contribution in [2.24, 2.45) is 5.14 Å². The van der Waals surface area contributed by atoms with E-state index in [0.29, 0.717) is 5.92 Å². The lowest BCUT2D eigenvalue weighted by Gasteiger charge is -2.05. The summed E-state index contributed by atoms with van der Waals surface area (Å²) in [4.78, 5) is 11.9. The maximum atomic E-state index is 13.8. The predicted octanol–water partition coefficient (Wildman–Crippen LogP) is 2.23. The van der Waals surface area contributed by atoms with Crippen molar-refractivity contribution in [1.29, 1.82) is 0 Å². The van der Waals surface area contributed by atoms with E-state index in [4.69, 9.17) is 5.14 Å². The molecule has 7 nitrogen and oxygen atoms in total. The SMILES string of the molecule is NS(=O)(=O)c1ccc(F)c(C(=O)Nc2nnc(C3CCCC3)s2)c1. The number of sulfonamides is 1. The molecular formula is C14H15FN4O3S2. The van der Waals surface area contributed by atoms with Crippen LogP contribution in [0.4, 0.5) is 9.52 Å². The molecule has 1 aliphatic carbocycles. The van der Waals surface area contributed by atoms with Crippen molar-refractivity contribution < 1.29 is 17.6 Å². The highest BCUT2D eigenvalue weighted by atomic mass is 32.2. The van der Waals surface area contributed by atoms with Crippen LogP contribution in [0.5, 0.6) is 0 Å². The van der Waals surface area contributed by atoms with Crippen molar-refractivity contribution in [2.75, 3.05) is 5.32 Å². The first-order valence-electron chi connectivity index (χ1n) is 7.31. The van der Waals surface area contributed by atoms with Gasteiger partial charge in [-0.3, -0.25) is 10.1 Å². The third-order valence-electron chi connectivity index (χ3n) is 3.88. The van der Waals surface area contributed by atoms with E-state index in [1.54, 1.807) is 0 Å². The summed E-state index contributed by atoms with van der Waals surface area (Å²) in [7, 11) is -4.03. The van der Waals surface area contributed by atoms with Gasteiger partial charge in [-0.1, -0.05) is 24.2 Å². The minimum Gasteiger partial charge on any atom is -0.296 e. The fraction of sp³-hybridized carbons (Fsp3) is 0.357. The second kappa shape index (κ2) is 6.54. The molecule has 0 aliphatic heterocycles. The first kappa shape index (κ1) is 16.9. The van der Waals surface area contributed by atoms with Gasteiger partial charge in [0.25, 0.3) is 5.91 Å². The number of carbonyl (C=O) groups excluding carboxylic acids is 1. The Bertz CT molecular complexity index is 876. The Hall–Kier alpha value is -1.91. The van der Waals surface area contributed by atoms with Crippen LogP contribution in [0.25, 0.3) is 0 Å². The van der Waals surface area contributed by atoms with Crippen LogP contribution in [-0.4, -0.2) is 24.5 Å². The number of rotatable bonds is 4. The Morgan fingerprint density at radius 2 is 2.00 bits per heavy atom. The molecule has 0 spiro atoms. The summed E-state index contributed by atoms with van der Waals surface area (Å²) in [5, 5.41) is 16.5. The summed E-state index contributed by atoms with van der Waals surface area (Å²) in [5.41, 5.74) is -0.417. The molecule has 10 heteroatoms. The van der Waals surface area contributed by atoms with Crippen molar-refractivity contribution in [1.82, 2.24) is 10.2 Å². The number of halogens is 1. The Morgan fingerprint density at radius 1 is 1.29 bits per heavy atom. The average Bonchev–Trinajstić information content (AvgIpc) is 3.16. The van der Waals surface area contributed by atoms with Crippen LogP contribution in [-0.2, 0) is 10.0 Å². The van der Waals surface area contributed by atoms with Crippen molar-refractivity contribution >= 4 is 32.4 Å².